The van der Waals surface area contributed by atoms with Crippen molar-refractivity contribution in [3.63, 3.8) is 0 Å². The Morgan fingerprint density at radius 3 is 2.44 bits per heavy atom. The van der Waals surface area contributed by atoms with E-state index in [1.165, 1.54) is 20.5 Å². The second-order valence-corrected chi connectivity index (χ2v) is 5.45. The molecule has 0 radical (unpaired) electrons. The van der Waals surface area contributed by atoms with E-state index in [0.717, 1.165) is 5.69 Å². The highest BCUT2D eigenvalue weighted by molar-refractivity contribution is 6.01. The van der Waals surface area contributed by atoms with Crippen LogP contribution in [-0.2, 0) is 4.74 Å². The number of carbonyl (C=O) groups excluding carboxylic acids is 2. The Morgan fingerprint density at radius 2 is 1.81 bits per heavy atom. The van der Waals surface area contributed by atoms with E-state index in [1.807, 2.05) is 0 Å². The molecule has 0 aliphatic carbocycles. The van der Waals surface area contributed by atoms with Gasteiger partial charge >= 0.3 is 5.97 Å². The molecule has 3 rings (SSSR count). The zero-order valence-electron chi connectivity index (χ0n) is 14.8. The van der Waals surface area contributed by atoms with Crippen molar-refractivity contribution in [2.75, 3.05) is 20.8 Å². The van der Waals surface area contributed by atoms with E-state index < -0.39 is 12.6 Å². The number of aromatic nitrogens is 3. The predicted molar refractivity (Wildman–Crippen MR) is 95.5 cm³/mol. The Labute approximate surface area is 155 Å². The van der Waals surface area contributed by atoms with Gasteiger partial charge in [0, 0.05) is 6.07 Å². The number of nitrogens with zero attached hydrogens (tertiary/aromatic N) is 3. The Bertz CT molecular complexity index is 936. The summed E-state index contributed by atoms with van der Waals surface area (Å²) in [7, 11) is 2.97. The van der Waals surface area contributed by atoms with Crippen LogP contribution >= 0.6 is 0 Å². The average Bonchev–Trinajstić information content (AvgIpc) is 3.26. The highest BCUT2D eigenvalue weighted by Gasteiger charge is 2.16. The lowest BCUT2D eigenvalue weighted by atomic mass is 10.1. The number of Topliss-reactive ketones (excluding diaryl/α,β-unsaturated/α-hetero) is 1. The molecule has 8 heteroatoms. The summed E-state index contributed by atoms with van der Waals surface area (Å²) in [6.07, 6.45) is 2.97. The first-order valence-electron chi connectivity index (χ1n) is 8.00. The summed E-state index contributed by atoms with van der Waals surface area (Å²) in [5.41, 5.74) is 1.39. The van der Waals surface area contributed by atoms with Crippen LogP contribution in [0.1, 0.15) is 20.7 Å². The number of esters is 1. The molecule has 138 valence electrons. The molecule has 8 nitrogen and oxygen atoms in total. The van der Waals surface area contributed by atoms with E-state index in [4.69, 9.17) is 14.2 Å². The highest BCUT2D eigenvalue weighted by atomic mass is 16.5. The number of hydrogen-bond donors (Lipinski definition) is 0. The van der Waals surface area contributed by atoms with Crippen LogP contribution in [0.4, 0.5) is 0 Å². The summed E-state index contributed by atoms with van der Waals surface area (Å²) in [6, 6.07) is 11.4. The lowest BCUT2D eigenvalue weighted by Crippen LogP contribution is -2.15. The molecular weight excluding hydrogens is 350 g/mol. The van der Waals surface area contributed by atoms with E-state index in [9.17, 15) is 9.59 Å². The molecule has 3 aromatic rings. The fourth-order valence-corrected chi connectivity index (χ4v) is 2.41. The molecule has 0 N–H and O–H groups in total. The average molecular weight is 367 g/mol. The van der Waals surface area contributed by atoms with Gasteiger partial charge in [-0.1, -0.05) is 0 Å². The predicted octanol–water partition coefficient (Wildman–Crippen LogP) is 2.32. The third-order valence-electron chi connectivity index (χ3n) is 3.83. The lowest BCUT2D eigenvalue weighted by molar-refractivity contribution is 0.0474. The van der Waals surface area contributed by atoms with Crippen LogP contribution in [0.2, 0.25) is 0 Å². The molecule has 1 aromatic heterocycles. The number of rotatable bonds is 7. The third-order valence-corrected chi connectivity index (χ3v) is 3.83. The van der Waals surface area contributed by atoms with Crippen LogP contribution in [0, 0.1) is 0 Å². The molecule has 0 spiro atoms. The molecule has 0 aliphatic heterocycles. The number of ether oxygens (including phenoxy) is 3. The lowest BCUT2D eigenvalue weighted by Gasteiger charge is -2.10. The smallest absolute Gasteiger partial charge is 0.338 e. The number of carbonyl (C=O) groups is 2. The van der Waals surface area contributed by atoms with Gasteiger partial charge in [0.25, 0.3) is 0 Å². The number of ketones is 1. The van der Waals surface area contributed by atoms with Crippen LogP contribution in [0.25, 0.3) is 5.69 Å². The van der Waals surface area contributed by atoms with E-state index in [1.54, 1.807) is 53.5 Å². The van der Waals surface area contributed by atoms with Gasteiger partial charge in [-0.3, -0.25) is 4.79 Å². The molecule has 0 bridgehead atoms. The van der Waals surface area contributed by atoms with E-state index in [-0.39, 0.29) is 5.78 Å². The van der Waals surface area contributed by atoms with Crippen LogP contribution in [0.15, 0.2) is 55.1 Å². The fraction of sp³-hybridized carbons (Fsp3) is 0.158. The maximum absolute atomic E-state index is 12.4. The van der Waals surface area contributed by atoms with E-state index in [0.29, 0.717) is 22.6 Å². The zero-order chi connectivity index (χ0) is 19.2. The topological polar surface area (TPSA) is 92.5 Å². The summed E-state index contributed by atoms with van der Waals surface area (Å²) in [6.45, 7) is -0.396. The van der Waals surface area contributed by atoms with Gasteiger partial charge in [0.2, 0.25) is 5.78 Å². The molecular formula is C19H17N3O5. The zero-order valence-corrected chi connectivity index (χ0v) is 14.8. The number of hydrogen-bond acceptors (Lipinski definition) is 7. The Hall–Kier alpha value is -3.68. The summed E-state index contributed by atoms with van der Waals surface area (Å²) < 4.78 is 17.0. The first-order chi connectivity index (χ1) is 13.1. The van der Waals surface area contributed by atoms with Crippen molar-refractivity contribution in [2.45, 2.75) is 0 Å². The summed E-state index contributed by atoms with van der Waals surface area (Å²) in [5.74, 6) is -0.0523. The highest BCUT2D eigenvalue weighted by Crippen LogP contribution is 2.25. The van der Waals surface area contributed by atoms with Crippen molar-refractivity contribution in [3.05, 3.63) is 66.2 Å². The molecule has 27 heavy (non-hydrogen) atoms. The first-order valence-corrected chi connectivity index (χ1v) is 8.00. The van der Waals surface area contributed by atoms with Gasteiger partial charge in [-0.25, -0.2) is 14.5 Å². The van der Waals surface area contributed by atoms with Crippen molar-refractivity contribution >= 4 is 11.8 Å². The molecule has 0 saturated heterocycles. The molecule has 2 aromatic carbocycles. The summed E-state index contributed by atoms with van der Waals surface area (Å²) in [5, 5.41) is 4.01. The molecule has 0 unspecified atom stereocenters. The van der Waals surface area contributed by atoms with Gasteiger partial charge in [-0.2, -0.15) is 5.10 Å². The minimum Gasteiger partial charge on any atom is -0.497 e. The maximum Gasteiger partial charge on any atom is 0.338 e. The van der Waals surface area contributed by atoms with Crippen LogP contribution in [0.3, 0.4) is 0 Å². The molecule has 0 fully saturated rings. The second kappa shape index (κ2) is 8.13. The van der Waals surface area contributed by atoms with E-state index >= 15 is 0 Å². The normalized spacial score (nSPS) is 10.3. The molecule has 0 atom stereocenters. The van der Waals surface area contributed by atoms with Gasteiger partial charge in [0.15, 0.2) is 6.61 Å². The molecule has 0 aliphatic rings. The standard InChI is InChI=1S/C19H17N3O5/c1-25-15-7-8-16(18(9-15)26-2)17(23)10-27-19(24)13-3-5-14(6-4-13)22-12-20-11-21-22/h3-9,11-12H,10H2,1-2H3. The third kappa shape index (κ3) is 4.12. The Kier molecular flexibility index (Phi) is 5.46. The largest absolute Gasteiger partial charge is 0.497 e. The first kappa shape index (κ1) is 18.1. The molecule has 0 amide bonds. The Morgan fingerprint density at radius 1 is 1.04 bits per heavy atom. The van der Waals surface area contributed by atoms with E-state index in [2.05, 4.69) is 10.1 Å². The fourth-order valence-electron chi connectivity index (χ4n) is 2.41. The van der Waals surface area contributed by atoms with Gasteiger partial charge < -0.3 is 14.2 Å². The van der Waals surface area contributed by atoms with Gasteiger partial charge in [0.05, 0.1) is 31.0 Å². The Balaban J connectivity index is 1.64. The summed E-state index contributed by atoms with van der Waals surface area (Å²) in [4.78, 5) is 28.4. The quantitative estimate of drug-likeness (QED) is 0.467. The van der Waals surface area contributed by atoms with Crippen molar-refractivity contribution in [1.82, 2.24) is 14.8 Å². The number of benzene rings is 2. The summed E-state index contributed by atoms with van der Waals surface area (Å²) >= 11 is 0. The monoisotopic (exact) mass is 367 g/mol. The second-order valence-electron chi connectivity index (χ2n) is 5.45. The molecule has 0 saturated carbocycles. The van der Waals surface area contributed by atoms with Crippen molar-refractivity contribution in [1.29, 1.82) is 0 Å². The van der Waals surface area contributed by atoms with Crippen LogP contribution < -0.4 is 9.47 Å². The minimum atomic E-state index is -0.596. The van der Waals surface area contributed by atoms with Gasteiger partial charge in [-0.05, 0) is 36.4 Å². The SMILES string of the molecule is COc1ccc(C(=O)COC(=O)c2ccc(-n3cncn3)cc2)c(OC)c1. The van der Waals surface area contributed by atoms with Crippen LogP contribution in [0.5, 0.6) is 11.5 Å². The minimum absolute atomic E-state index is 0.313. The van der Waals surface area contributed by atoms with Gasteiger partial charge in [-0.15, -0.1) is 0 Å². The molecule has 1 heterocycles. The van der Waals surface area contributed by atoms with Gasteiger partial charge in [0.1, 0.15) is 24.2 Å². The van der Waals surface area contributed by atoms with Crippen LogP contribution in [-0.4, -0.2) is 47.3 Å². The van der Waals surface area contributed by atoms with Crippen molar-refractivity contribution in [2.24, 2.45) is 0 Å². The van der Waals surface area contributed by atoms with Crippen molar-refractivity contribution in [3.8, 4) is 17.2 Å². The van der Waals surface area contributed by atoms with Crippen molar-refractivity contribution < 1.29 is 23.8 Å². The number of methoxy groups -OCH3 is 2. The maximum atomic E-state index is 12.4.